The van der Waals surface area contributed by atoms with Crippen LogP contribution in [-0.2, 0) is 17.9 Å². The third-order valence-electron chi connectivity index (χ3n) is 4.81. The van der Waals surface area contributed by atoms with E-state index in [1.807, 2.05) is 30.3 Å². The van der Waals surface area contributed by atoms with Crippen LogP contribution in [0.4, 0.5) is 4.39 Å². The Balaban J connectivity index is 1.36. The van der Waals surface area contributed by atoms with Crippen molar-refractivity contribution in [1.29, 1.82) is 0 Å². The van der Waals surface area contributed by atoms with Crippen LogP contribution in [0.15, 0.2) is 72.9 Å². The molecule has 2 heterocycles. The minimum atomic E-state index is -0.223. The van der Waals surface area contributed by atoms with E-state index in [-0.39, 0.29) is 11.9 Å². The van der Waals surface area contributed by atoms with Gasteiger partial charge < -0.3 is 9.47 Å². The predicted molar refractivity (Wildman–Crippen MR) is 105 cm³/mol. The molecule has 5 heteroatoms. The zero-order chi connectivity index (χ0) is 19.2. The maximum Gasteiger partial charge on any atom is 0.130 e. The van der Waals surface area contributed by atoms with Crippen LogP contribution in [0, 0.1) is 5.82 Å². The third kappa shape index (κ3) is 4.94. The van der Waals surface area contributed by atoms with E-state index >= 15 is 0 Å². The average molecular weight is 378 g/mol. The van der Waals surface area contributed by atoms with E-state index in [0.717, 1.165) is 36.6 Å². The summed E-state index contributed by atoms with van der Waals surface area (Å²) in [5.74, 6) is 0.616. The van der Waals surface area contributed by atoms with Crippen molar-refractivity contribution in [2.45, 2.75) is 19.3 Å². The summed E-state index contributed by atoms with van der Waals surface area (Å²) in [6.45, 7) is 3.59. The van der Waals surface area contributed by atoms with Crippen LogP contribution >= 0.6 is 0 Å². The van der Waals surface area contributed by atoms with Crippen LogP contribution in [0.1, 0.15) is 22.9 Å². The topological polar surface area (TPSA) is 34.6 Å². The predicted octanol–water partition coefficient (Wildman–Crippen LogP) is 4.37. The summed E-state index contributed by atoms with van der Waals surface area (Å²) in [5.41, 5.74) is 3.11. The first kappa shape index (κ1) is 18.6. The Kier molecular flexibility index (Phi) is 5.95. The Morgan fingerprint density at radius 2 is 1.96 bits per heavy atom. The zero-order valence-electron chi connectivity index (χ0n) is 15.6. The molecule has 0 N–H and O–H groups in total. The van der Waals surface area contributed by atoms with Crippen LogP contribution in [0.3, 0.4) is 0 Å². The molecule has 1 fully saturated rings. The Morgan fingerprint density at radius 3 is 2.79 bits per heavy atom. The smallest absolute Gasteiger partial charge is 0.130 e. The number of ether oxygens (including phenoxy) is 2. The van der Waals surface area contributed by atoms with Gasteiger partial charge in [0.2, 0.25) is 0 Å². The number of aromatic nitrogens is 1. The van der Waals surface area contributed by atoms with Crippen molar-refractivity contribution in [3.05, 3.63) is 95.6 Å². The van der Waals surface area contributed by atoms with E-state index in [1.54, 1.807) is 18.3 Å². The molecule has 144 valence electrons. The highest BCUT2D eigenvalue weighted by Gasteiger charge is 2.22. The summed E-state index contributed by atoms with van der Waals surface area (Å²) in [6, 6.07) is 20.5. The monoisotopic (exact) mass is 378 g/mol. The van der Waals surface area contributed by atoms with E-state index in [2.05, 4.69) is 22.0 Å². The second-order valence-electron chi connectivity index (χ2n) is 6.90. The minimum absolute atomic E-state index is 0.0297. The Bertz CT molecular complexity index is 887. The third-order valence-corrected chi connectivity index (χ3v) is 4.81. The highest BCUT2D eigenvalue weighted by atomic mass is 19.1. The van der Waals surface area contributed by atoms with Crippen molar-refractivity contribution in [2.75, 3.05) is 19.7 Å². The first-order valence-electron chi connectivity index (χ1n) is 9.47. The lowest BCUT2D eigenvalue weighted by atomic mass is 10.1. The molecule has 0 aliphatic carbocycles. The molecule has 1 aromatic heterocycles. The number of nitrogens with zero attached hydrogens (tertiary/aromatic N) is 2. The molecule has 0 spiro atoms. The Hall–Kier alpha value is -2.76. The Labute approximate surface area is 164 Å². The fraction of sp³-hybridized carbons (Fsp3) is 0.261. The van der Waals surface area contributed by atoms with E-state index in [4.69, 9.17) is 9.47 Å². The summed E-state index contributed by atoms with van der Waals surface area (Å²) in [4.78, 5) is 6.64. The normalized spacial score (nSPS) is 17.4. The molecule has 28 heavy (non-hydrogen) atoms. The molecule has 0 unspecified atom stereocenters. The van der Waals surface area contributed by atoms with Crippen LogP contribution in [0.5, 0.6) is 5.75 Å². The lowest BCUT2D eigenvalue weighted by Crippen LogP contribution is -2.37. The van der Waals surface area contributed by atoms with Gasteiger partial charge in [0.1, 0.15) is 18.2 Å². The van der Waals surface area contributed by atoms with Crippen molar-refractivity contribution in [1.82, 2.24) is 9.88 Å². The van der Waals surface area contributed by atoms with Gasteiger partial charge in [0, 0.05) is 25.8 Å². The molecule has 0 bridgehead atoms. The molecule has 0 amide bonds. The zero-order valence-corrected chi connectivity index (χ0v) is 15.6. The molecule has 1 aliphatic heterocycles. The maximum atomic E-state index is 13.2. The fourth-order valence-corrected chi connectivity index (χ4v) is 3.36. The quantitative estimate of drug-likeness (QED) is 0.638. The van der Waals surface area contributed by atoms with E-state index in [0.29, 0.717) is 13.2 Å². The molecular weight excluding hydrogens is 355 g/mol. The molecular formula is C23H23FN2O2. The standard InChI is InChI=1S/C23H23FN2O2/c24-20-9-7-19(8-10-20)23-16-26(12-13-27-23)15-18-4-3-6-22(14-18)28-17-21-5-1-2-11-25-21/h1-11,14,23H,12-13,15-17H2/t23-/m1/s1. The number of hydrogen-bond donors (Lipinski definition) is 0. The first-order chi connectivity index (χ1) is 13.8. The van der Waals surface area contributed by atoms with Crippen molar-refractivity contribution in [3.63, 3.8) is 0 Å². The summed E-state index contributed by atoms with van der Waals surface area (Å²) in [7, 11) is 0. The van der Waals surface area contributed by atoms with Crippen molar-refractivity contribution >= 4 is 0 Å². The van der Waals surface area contributed by atoms with Gasteiger partial charge in [-0.3, -0.25) is 9.88 Å². The second kappa shape index (κ2) is 8.95. The van der Waals surface area contributed by atoms with Gasteiger partial charge in [0.05, 0.1) is 18.4 Å². The van der Waals surface area contributed by atoms with E-state index < -0.39 is 0 Å². The molecule has 3 aromatic rings. The lowest BCUT2D eigenvalue weighted by Gasteiger charge is -2.33. The van der Waals surface area contributed by atoms with Crippen molar-refractivity contribution < 1.29 is 13.9 Å². The van der Waals surface area contributed by atoms with Gasteiger partial charge in [0.25, 0.3) is 0 Å². The number of hydrogen-bond acceptors (Lipinski definition) is 4. The fourth-order valence-electron chi connectivity index (χ4n) is 3.36. The number of benzene rings is 2. The molecule has 1 atom stereocenters. The lowest BCUT2D eigenvalue weighted by molar-refractivity contribution is -0.0329. The molecule has 1 aliphatic rings. The molecule has 0 saturated carbocycles. The second-order valence-corrected chi connectivity index (χ2v) is 6.90. The van der Waals surface area contributed by atoms with Gasteiger partial charge in [-0.2, -0.15) is 0 Å². The summed E-state index contributed by atoms with van der Waals surface area (Å²) < 4.78 is 24.9. The largest absolute Gasteiger partial charge is 0.487 e. The molecule has 4 rings (SSSR count). The molecule has 0 radical (unpaired) electrons. The molecule has 2 aromatic carbocycles. The highest BCUT2D eigenvalue weighted by molar-refractivity contribution is 5.29. The van der Waals surface area contributed by atoms with Crippen molar-refractivity contribution in [3.8, 4) is 5.75 Å². The van der Waals surface area contributed by atoms with Crippen LogP contribution < -0.4 is 4.74 Å². The number of halogens is 1. The van der Waals surface area contributed by atoms with Crippen LogP contribution in [0.2, 0.25) is 0 Å². The van der Waals surface area contributed by atoms with Crippen LogP contribution in [0.25, 0.3) is 0 Å². The maximum absolute atomic E-state index is 13.2. The van der Waals surface area contributed by atoms with Gasteiger partial charge in [-0.05, 0) is 47.5 Å². The van der Waals surface area contributed by atoms with Gasteiger partial charge >= 0.3 is 0 Å². The SMILES string of the molecule is Fc1ccc([C@H]2CN(Cc3cccc(OCc4ccccn4)c3)CCO2)cc1. The average Bonchev–Trinajstić information content (AvgIpc) is 2.74. The van der Waals surface area contributed by atoms with Gasteiger partial charge in [-0.25, -0.2) is 4.39 Å². The first-order valence-corrected chi connectivity index (χ1v) is 9.47. The summed E-state index contributed by atoms with van der Waals surface area (Å²) >= 11 is 0. The molecule has 1 saturated heterocycles. The minimum Gasteiger partial charge on any atom is -0.487 e. The van der Waals surface area contributed by atoms with Crippen LogP contribution in [-0.4, -0.2) is 29.6 Å². The van der Waals surface area contributed by atoms with Gasteiger partial charge in [0.15, 0.2) is 0 Å². The number of rotatable bonds is 6. The van der Waals surface area contributed by atoms with Crippen molar-refractivity contribution in [2.24, 2.45) is 0 Å². The summed E-state index contributed by atoms with van der Waals surface area (Å²) in [6.07, 6.45) is 1.74. The van der Waals surface area contributed by atoms with Gasteiger partial charge in [-0.15, -0.1) is 0 Å². The highest BCUT2D eigenvalue weighted by Crippen LogP contribution is 2.24. The summed E-state index contributed by atoms with van der Waals surface area (Å²) in [5, 5.41) is 0. The number of pyridine rings is 1. The van der Waals surface area contributed by atoms with E-state index in [1.165, 1.54) is 17.7 Å². The number of morpholine rings is 1. The van der Waals surface area contributed by atoms with Gasteiger partial charge in [-0.1, -0.05) is 30.3 Å². The Morgan fingerprint density at radius 1 is 1.07 bits per heavy atom. The molecule has 4 nitrogen and oxygen atoms in total. The van der Waals surface area contributed by atoms with E-state index in [9.17, 15) is 4.39 Å².